The first-order valence-electron chi connectivity index (χ1n) is 6.53. The Morgan fingerprint density at radius 2 is 2.00 bits per heavy atom. The molecule has 0 bridgehead atoms. The quantitative estimate of drug-likeness (QED) is 0.498. The van der Waals surface area contributed by atoms with Gasteiger partial charge in [0.05, 0.1) is 0 Å². The van der Waals surface area contributed by atoms with Crippen molar-refractivity contribution in [3.05, 3.63) is 40.2 Å². The van der Waals surface area contributed by atoms with E-state index in [0.29, 0.717) is 11.3 Å². The molecule has 2 rings (SSSR count). The van der Waals surface area contributed by atoms with Crippen molar-refractivity contribution in [1.82, 2.24) is 0 Å². The summed E-state index contributed by atoms with van der Waals surface area (Å²) in [4.78, 5) is 11.5. The van der Waals surface area contributed by atoms with Gasteiger partial charge in [0, 0.05) is 17.1 Å². The molecule has 0 amide bonds. The highest BCUT2D eigenvalue weighted by Gasteiger charge is 2.05. The Morgan fingerprint density at radius 3 is 2.78 bits per heavy atom. The molecule has 0 atom stereocenters. The molecule has 0 radical (unpaired) electrons. The molecule has 3 heteroatoms. The standard InChI is InChI=1S/C15H19NO2/c1-2-3-4-5-6-11-9-15(17)18-14-8-7-12(16)10-13(11)14/h7-10H,2-6,16H2,1H3. The first-order valence-corrected chi connectivity index (χ1v) is 6.53. The van der Waals surface area contributed by atoms with Gasteiger partial charge < -0.3 is 10.2 Å². The van der Waals surface area contributed by atoms with Crippen LogP contribution in [0.1, 0.15) is 38.2 Å². The van der Waals surface area contributed by atoms with Crippen molar-refractivity contribution in [1.29, 1.82) is 0 Å². The van der Waals surface area contributed by atoms with Crippen LogP contribution in [0.5, 0.6) is 0 Å². The van der Waals surface area contributed by atoms with Gasteiger partial charge in [-0.05, 0) is 36.6 Å². The minimum Gasteiger partial charge on any atom is -0.423 e. The summed E-state index contributed by atoms with van der Waals surface area (Å²) in [5, 5.41) is 0.964. The van der Waals surface area contributed by atoms with Gasteiger partial charge in [0.1, 0.15) is 5.58 Å². The lowest BCUT2D eigenvalue weighted by Crippen LogP contribution is -2.01. The second-order valence-corrected chi connectivity index (χ2v) is 4.66. The third-order valence-electron chi connectivity index (χ3n) is 3.15. The molecule has 0 unspecified atom stereocenters. The Kier molecular flexibility index (Phi) is 4.03. The molecule has 1 aromatic carbocycles. The van der Waals surface area contributed by atoms with Crippen molar-refractivity contribution < 1.29 is 4.42 Å². The van der Waals surface area contributed by atoms with Gasteiger partial charge in [0.2, 0.25) is 0 Å². The smallest absolute Gasteiger partial charge is 0.336 e. The third kappa shape index (κ3) is 2.92. The maximum atomic E-state index is 11.5. The predicted octanol–water partition coefficient (Wildman–Crippen LogP) is 3.50. The predicted molar refractivity (Wildman–Crippen MR) is 74.7 cm³/mol. The second kappa shape index (κ2) is 5.71. The van der Waals surface area contributed by atoms with E-state index < -0.39 is 0 Å². The molecule has 2 N–H and O–H groups in total. The maximum absolute atomic E-state index is 11.5. The lowest BCUT2D eigenvalue weighted by Gasteiger charge is -2.06. The van der Waals surface area contributed by atoms with E-state index >= 15 is 0 Å². The summed E-state index contributed by atoms with van der Waals surface area (Å²) in [7, 11) is 0. The topological polar surface area (TPSA) is 56.2 Å². The van der Waals surface area contributed by atoms with E-state index in [0.717, 1.165) is 23.8 Å². The van der Waals surface area contributed by atoms with Crippen LogP contribution < -0.4 is 11.4 Å². The zero-order valence-corrected chi connectivity index (χ0v) is 10.7. The van der Waals surface area contributed by atoms with Crippen LogP contribution in [0.4, 0.5) is 5.69 Å². The maximum Gasteiger partial charge on any atom is 0.336 e. The van der Waals surface area contributed by atoms with Crippen molar-refractivity contribution in [3.63, 3.8) is 0 Å². The van der Waals surface area contributed by atoms with Gasteiger partial charge in [0.15, 0.2) is 0 Å². The summed E-state index contributed by atoms with van der Waals surface area (Å²) in [6.07, 6.45) is 5.65. The first kappa shape index (κ1) is 12.7. The van der Waals surface area contributed by atoms with Crippen molar-refractivity contribution >= 4 is 16.7 Å². The minimum absolute atomic E-state index is 0.280. The van der Waals surface area contributed by atoms with E-state index in [9.17, 15) is 4.79 Å². The van der Waals surface area contributed by atoms with E-state index in [1.165, 1.54) is 19.3 Å². The molecule has 0 spiro atoms. The van der Waals surface area contributed by atoms with Crippen LogP contribution in [0.2, 0.25) is 0 Å². The van der Waals surface area contributed by atoms with Gasteiger partial charge in [-0.2, -0.15) is 0 Å². The van der Waals surface area contributed by atoms with Crippen molar-refractivity contribution in [2.45, 2.75) is 39.0 Å². The molecule has 0 saturated carbocycles. The Bertz CT molecular complexity index is 587. The number of fused-ring (bicyclic) bond motifs is 1. The lowest BCUT2D eigenvalue weighted by molar-refractivity contribution is 0.557. The molecule has 96 valence electrons. The molecule has 0 aliphatic heterocycles. The summed E-state index contributed by atoms with van der Waals surface area (Å²) < 4.78 is 5.17. The molecule has 0 fully saturated rings. The summed E-state index contributed by atoms with van der Waals surface area (Å²) in [6.45, 7) is 2.19. The third-order valence-corrected chi connectivity index (χ3v) is 3.15. The minimum atomic E-state index is -0.280. The van der Waals surface area contributed by atoms with E-state index in [-0.39, 0.29) is 5.63 Å². The zero-order valence-electron chi connectivity index (χ0n) is 10.7. The van der Waals surface area contributed by atoms with Gasteiger partial charge in [-0.25, -0.2) is 4.79 Å². The molecule has 0 saturated heterocycles. The van der Waals surface area contributed by atoms with E-state index in [4.69, 9.17) is 10.2 Å². The summed E-state index contributed by atoms with van der Waals surface area (Å²) in [6, 6.07) is 6.99. The molecule has 0 aliphatic rings. The van der Waals surface area contributed by atoms with Crippen LogP contribution in [-0.4, -0.2) is 0 Å². The fourth-order valence-corrected chi connectivity index (χ4v) is 2.19. The monoisotopic (exact) mass is 245 g/mol. The van der Waals surface area contributed by atoms with Crippen LogP contribution in [-0.2, 0) is 6.42 Å². The van der Waals surface area contributed by atoms with Crippen LogP contribution in [0.25, 0.3) is 11.0 Å². The van der Waals surface area contributed by atoms with Gasteiger partial charge in [-0.15, -0.1) is 0 Å². The average Bonchev–Trinajstić information content (AvgIpc) is 2.35. The number of rotatable bonds is 5. The fourth-order valence-electron chi connectivity index (χ4n) is 2.19. The number of anilines is 1. The van der Waals surface area contributed by atoms with Crippen LogP contribution >= 0.6 is 0 Å². The Balaban J connectivity index is 2.30. The Hall–Kier alpha value is -1.77. The van der Waals surface area contributed by atoms with Gasteiger partial charge in [-0.3, -0.25) is 0 Å². The molecule has 1 aromatic heterocycles. The number of unbranched alkanes of at least 4 members (excludes halogenated alkanes) is 3. The molecule has 1 heterocycles. The highest BCUT2D eigenvalue weighted by atomic mass is 16.4. The zero-order chi connectivity index (χ0) is 13.0. The number of hydrogen-bond donors (Lipinski definition) is 1. The summed E-state index contributed by atoms with van der Waals surface area (Å²) >= 11 is 0. The molecule has 3 nitrogen and oxygen atoms in total. The highest BCUT2D eigenvalue weighted by Crippen LogP contribution is 2.21. The Labute approximate surface area is 107 Å². The largest absolute Gasteiger partial charge is 0.423 e. The van der Waals surface area contributed by atoms with E-state index in [1.807, 2.05) is 6.07 Å². The van der Waals surface area contributed by atoms with Crippen LogP contribution in [0, 0.1) is 0 Å². The van der Waals surface area contributed by atoms with Crippen molar-refractivity contribution in [3.8, 4) is 0 Å². The van der Waals surface area contributed by atoms with Crippen LogP contribution in [0.3, 0.4) is 0 Å². The second-order valence-electron chi connectivity index (χ2n) is 4.66. The van der Waals surface area contributed by atoms with Crippen molar-refractivity contribution in [2.75, 3.05) is 5.73 Å². The number of hydrogen-bond acceptors (Lipinski definition) is 3. The first-order chi connectivity index (χ1) is 8.70. The van der Waals surface area contributed by atoms with Gasteiger partial charge in [0.25, 0.3) is 0 Å². The number of nitrogens with two attached hydrogens (primary N) is 1. The number of benzene rings is 1. The SMILES string of the molecule is CCCCCCc1cc(=O)oc2ccc(N)cc12. The average molecular weight is 245 g/mol. The fraction of sp³-hybridized carbons (Fsp3) is 0.400. The summed E-state index contributed by atoms with van der Waals surface area (Å²) in [5.74, 6) is 0. The molecule has 18 heavy (non-hydrogen) atoms. The lowest BCUT2D eigenvalue weighted by atomic mass is 10.0. The summed E-state index contributed by atoms with van der Waals surface area (Å²) in [5.41, 5.74) is 7.88. The Morgan fingerprint density at radius 1 is 1.17 bits per heavy atom. The number of nitrogen functional groups attached to an aromatic ring is 1. The van der Waals surface area contributed by atoms with Crippen LogP contribution in [0.15, 0.2) is 33.5 Å². The molecular weight excluding hydrogens is 226 g/mol. The highest BCUT2D eigenvalue weighted by molar-refractivity contribution is 5.83. The van der Waals surface area contributed by atoms with E-state index in [1.54, 1.807) is 18.2 Å². The van der Waals surface area contributed by atoms with Gasteiger partial charge >= 0.3 is 5.63 Å². The molecular formula is C15H19NO2. The number of aryl methyl sites for hydroxylation is 1. The van der Waals surface area contributed by atoms with E-state index in [2.05, 4.69) is 6.92 Å². The molecule has 2 aromatic rings. The molecule has 0 aliphatic carbocycles. The normalized spacial score (nSPS) is 10.9. The van der Waals surface area contributed by atoms with Crippen molar-refractivity contribution in [2.24, 2.45) is 0 Å². The van der Waals surface area contributed by atoms with Gasteiger partial charge in [-0.1, -0.05) is 26.2 Å².